The number of hydrogen-bond donors (Lipinski definition) is 3. The van der Waals surface area contributed by atoms with E-state index in [1.807, 2.05) is 76.2 Å². The molecule has 50 heavy (non-hydrogen) atoms. The van der Waals surface area contributed by atoms with Crippen LogP contribution >= 0.6 is 0 Å². The number of nitrogens with two attached hydrogens (primary N) is 1. The highest BCUT2D eigenvalue weighted by atomic mass is 17.3. The highest BCUT2D eigenvalue weighted by Gasteiger charge is 2.28. The molecule has 0 aliphatic carbocycles. The topological polar surface area (TPSA) is 178 Å². The summed E-state index contributed by atoms with van der Waals surface area (Å²) in [7, 11) is 0. The number of phenolic OH excluding ortho intramolecular Hbond substituents is 2. The zero-order chi connectivity index (χ0) is 37.7. The largest absolute Gasteiger partial charge is 0.505 e. The molecule has 264 valence electrons. The molecule has 0 spiro atoms. The molecule has 0 radical (unpaired) electrons. The van der Waals surface area contributed by atoms with Crippen molar-refractivity contribution in [1.82, 2.24) is 0 Å². The molecule has 12 nitrogen and oxygen atoms in total. The smallest absolute Gasteiger partial charge is 0.300 e. The number of nitrogens with zero attached hydrogens (tertiary/aromatic N) is 5. The van der Waals surface area contributed by atoms with Crippen molar-refractivity contribution in [1.29, 1.82) is 0 Å². The Morgan fingerprint density at radius 3 is 1.22 bits per heavy atom. The highest BCUT2D eigenvalue weighted by molar-refractivity contribution is 5.91. The molecule has 0 amide bonds. The average Bonchev–Trinajstić information content (AvgIpc) is 3.07. The second kappa shape index (κ2) is 14.0. The van der Waals surface area contributed by atoms with Gasteiger partial charge in [0.15, 0.2) is 22.9 Å². The standard InChI is InChI=1S/C38H46N6O6/c1-15-17(3)27(13)35(44(47)48)31(23(15)9)40-41-32-24(10)19(5)21(7)29(36(32)45)30-22(8)20(6)25(11)33(37(30)46)42-43-34-26(12)16(2)18(4)28(14)38(34)49-50-39/h45-46H,39H2,1-14H3. The van der Waals surface area contributed by atoms with E-state index in [2.05, 4.69) is 25.4 Å². The summed E-state index contributed by atoms with van der Waals surface area (Å²) in [4.78, 5) is 21.6. The number of rotatable bonds is 8. The van der Waals surface area contributed by atoms with Crippen LogP contribution < -0.4 is 10.8 Å². The van der Waals surface area contributed by atoms with Gasteiger partial charge in [-0.1, -0.05) is 4.99 Å². The van der Waals surface area contributed by atoms with Gasteiger partial charge in [0, 0.05) is 22.3 Å². The maximum atomic E-state index is 12.2. The molecule has 0 aliphatic heterocycles. The Kier molecular flexibility index (Phi) is 10.5. The SMILES string of the molecule is Cc1c(C)c(C)c(OON)c(N=Nc2c(C)c(C)c(C)c(-c3c(C)c(C)c(C)c(N=Nc4c(C)c(C)c(C)c(C)c4[N+](=O)[O-])c3O)c2O)c1C. The molecule has 0 heterocycles. The Bertz CT molecular complexity index is 2170. The van der Waals surface area contributed by atoms with Crippen molar-refractivity contribution in [3.8, 4) is 28.4 Å². The van der Waals surface area contributed by atoms with Crippen molar-refractivity contribution >= 4 is 28.4 Å². The fourth-order valence-electron chi connectivity index (χ4n) is 6.44. The van der Waals surface area contributed by atoms with Gasteiger partial charge in [-0.2, -0.15) is 5.90 Å². The fraction of sp³-hybridized carbons (Fsp3) is 0.368. The minimum Gasteiger partial charge on any atom is -0.505 e. The van der Waals surface area contributed by atoms with E-state index in [0.29, 0.717) is 50.4 Å². The molecular weight excluding hydrogens is 636 g/mol. The van der Waals surface area contributed by atoms with Gasteiger partial charge < -0.3 is 15.1 Å². The lowest BCUT2D eigenvalue weighted by atomic mass is 9.86. The summed E-state index contributed by atoms with van der Waals surface area (Å²) in [6, 6.07) is 0. The highest BCUT2D eigenvalue weighted by Crippen LogP contribution is 2.53. The normalized spacial score (nSPS) is 11.7. The molecule has 12 heteroatoms. The minimum atomic E-state index is -0.451. The first-order valence-electron chi connectivity index (χ1n) is 16.2. The zero-order valence-corrected chi connectivity index (χ0v) is 31.3. The summed E-state index contributed by atoms with van der Waals surface area (Å²) < 4.78 is 0. The lowest BCUT2D eigenvalue weighted by molar-refractivity contribution is -0.384. The van der Waals surface area contributed by atoms with Gasteiger partial charge in [-0.15, -0.1) is 20.5 Å². The Morgan fingerprint density at radius 1 is 0.480 bits per heavy atom. The Morgan fingerprint density at radius 2 is 0.800 bits per heavy atom. The number of benzene rings is 4. The van der Waals surface area contributed by atoms with Crippen LogP contribution in [0.5, 0.6) is 17.2 Å². The molecule has 0 fully saturated rings. The van der Waals surface area contributed by atoms with Crippen LogP contribution in [0.25, 0.3) is 11.1 Å². The van der Waals surface area contributed by atoms with Crippen LogP contribution in [0.4, 0.5) is 28.4 Å². The number of azo groups is 2. The molecule has 4 aromatic rings. The van der Waals surface area contributed by atoms with Gasteiger partial charge in [-0.3, -0.25) is 10.1 Å². The van der Waals surface area contributed by atoms with Crippen molar-refractivity contribution in [2.24, 2.45) is 26.4 Å². The lowest BCUT2D eigenvalue weighted by Crippen LogP contribution is -2.06. The molecule has 0 saturated carbocycles. The quantitative estimate of drug-likeness (QED) is 0.0716. The summed E-state index contributed by atoms with van der Waals surface area (Å²) in [5.41, 5.74) is 12.2. The molecule has 0 aromatic heterocycles. The van der Waals surface area contributed by atoms with Crippen LogP contribution in [0, 0.1) is 107 Å². The molecule has 0 aliphatic rings. The van der Waals surface area contributed by atoms with Gasteiger partial charge in [0.25, 0.3) is 5.69 Å². The van der Waals surface area contributed by atoms with Crippen molar-refractivity contribution in [2.45, 2.75) is 96.9 Å². The first-order chi connectivity index (χ1) is 23.3. The van der Waals surface area contributed by atoms with E-state index in [1.54, 1.807) is 20.8 Å². The van der Waals surface area contributed by atoms with E-state index in [-0.39, 0.29) is 34.2 Å². The van der Waals surface area contributed by atoms with Gasteiger partial charge in [-0.05, 0) is 164 Å². The predicted octanol–water partition coefficient (Wildman–Crippen LogP) is 11.0. The summed E-state index contributed by atoms with van der Waals surface area (Å²) in [6.45, 7) is 26.0. The fourth-order valence-corrected chi connectivity index (χ4v) is 6.44. The van der Waals surface area contributed by atoms with Crippen molar-refractivity contribution in [3.05, 3.63) is 88.0 Å². The van der Waals surface area contributed by atoms with Crippen molar-refractivity contribution in [2.75, 3.05) is 0 Å². The molecule has 0 bridgehead atoms. The minimum absolute atomic E-state index is 0.127. The van der Waals surface area contributed by atoms with E-state index in [1.165, 1.54) is 0 Å². The zero-order valence-electron chi connectivity index (χ0n) is 31.3. The lowest BCUT2D eigenvalue weighted by Gasteiger charge is -2.22. The van der Waals surface area contributed by atoms with Crippen LogP contribution in [0.2, 0.25) is 0 Å². The van der Waals surface area contributed by atoms with E-state index < -0.39 is 4.92 Å². The van der Waals surface area contributed by atoms with E-state index >= 15 is 0 Å². The van der Waals surface area contributed by atoms with E-state index in [9.17, 15) is 20.3 Å². The summed E-state index contributed by atoms with van der Waals surface area (Å²) in [6.07, 6.45) is 0. The Labute approximate surface area is 292 Å². The van der Waals surface area contributed by atoms with Crippen LogP contribution in [0.3, 0.4) is 0 Å². The summed E-state index contributed by atoms with van der Waals surface area (Å²) in [5, 5.41) is 54.0. The molecule has 4 rings (SSSR count). The molecule has 0 unspecified atom stereocenters. The molecule has 4 N–H and O–H groups in total. The predicted molar refractivity (Wildman–Crippen MR) is 195 cm³/mol. The van der Waals surface area contributed by atoms with Crippen molar-refractivity contribution < 1.29 is 25.0 Å². The third-order valence-corrected chi connectivity index (χ3v) is 10.9. The van der Waals surface area contributed by atoms with E-state index in [0.717, 1.165) is 50.1 Å². The van der Waals surface area contributed by atoms with Gasteiger partial charge in [-0.25, -0.2) is 0 Å². The third kappa shape index (κ3) is 5.98. The summed E-state index contributed by atoms with van der Waals surface area (Å²) in [5.74, 6) is 5.17. The molecule has 0 atom stereocenters. The van der Waals surface area contributed by atoms with Crippen LogP contribution in [0.1, 0.15) is 77.9 Å². The maximum absolute atomic E-state index is 12.2. The number of nitro benzene ring substituents is 1. The van der Waals surface area contributed by atoms with E-state index in [4.69, 9.17) is 10.8 Å². The Balaban J connectivity index is 2.02. The first-order valence-corrected chi connectivity index (χ1v) is 16.2. The van der Waals surface area contributed by atoms with Crippen molar-refractivity contribution in [3.63, 3.8) is 0 Å². The first kappa shape index (κ1) is 37.6. The van der Waals surface area contributed by atoms with Gasteiger partial charge in [0.2, 0.25) is 0 Å². The summed E-state index contributed by atoms with van der Waals surface area (Å²) >= 11 is 0. The molecule has 0 saturated heterocycles. The van der Waals surface area contributed by atoms with Gasteiger partial charge in [0.1, 0.15) is 17.1 Å². The average molecular weight is 683 g/mol. The number of nitro groups is 1. The number of phenols is 2. The van der Waals surface area contributed by atoms with Crippen LogP contribution in [-0.4, -0.2) is 15.1 Å². The van der Waals surface area contributed by atoms with Gasteiger partial charge in [0.05, 0.1) is 4.92 Å². The second-order valence-electron chi connectivity index (χ2n) is 13.1. The monoisotopic (exact) mass is 682 g/mol. The second-order valence-corrected chi connectivity index (χ2v) is 13.1. The number of aromatic hydroxyl groups is 2. The van der Waals surface area contributed by atoms with Gasteiger partial charge >= 0.3 is 0 Å². The van der Waals surface area contributed by atoms with Crippen LogP contribution in [0.15, 0.2) is 20.5 Å². The number of hydrogen-bond acceptors (Lipinski definition) is 11. The van der Waals surface area contributed by atoms with Crippen LogP contribution in [-0.2, 0) is 4.99 Å². The molecule has 4 aromatic carbocycles. The maximum Gasteiger partial charge on any atom is 0.300 e. The molecular formula is C38H46N6O6. The Hall–Kier alpha value is -5.20. The third-order valence-electron chi connectivity index (χ3n) is 10.9.